The van der Waals surface area contributed by atoms with Crippen LogP contribution in [0.1, 0.15) is 16.1 Å². The van der Waals surface area contributed by atoms with Crippen molar-refractivity contribution >= 4 is 33.3 Å². The van der Waals surface area contributed by atoms with Gasteiger partial charge in [-0.3, -0.25) is 10.1 Å². The standard InChI is InChI=1S/C12H9N3O2S/c1-7-8-4-2-3-5-9(8)17-10(7)11(16)14-12-15-13-6-18-12/h2-6H,1H3,(H,14,15,16). The number of rotatable bonds is 2. The molecule has 0 saturated heterocycles. The highest BCUT2D eigenvalue weighted by Crippen LogP contribution is 2.25. The number of para-hydroxylation sites is 1. The van der Waals surface area contributed by atoms with Crippen molar-refractivity contribution in [1.82, 2.24) is 10.2 Å². The predicted molar refractivity (Wildman–Crippen MR) is 68.8 cm³/mol. The fourth-order valence-electron chi connectivity index (χ4n) is 1.77. The Morgan fingerprint density at radius 1 is 1.39 bits per heavy atom. The van der Waals surface area contributed by atoms with Gasteiger partial charge in [-0.15, -0.1) is 10.2 Å². The molecule has 0 saturated carbocycles. The largest absolute Gasteiger partial charge is 0.451 e. The molecule has 0 fully saturated rings. The van der Waals surface area contributed by atoms with Crippen LogP contribution in [0.4, 0.5) is 5.13 Å². The molecule has 0 aliphatic carbocycles. The van der Waals surface area contributed by atoms with Gasteiger partial charge >= 0.3 is 0 Å². The molecule has 2 aromatic heterocycles. The van der Waals surface area contributed by atoms with E-state index >= 15 is 0 Å². The second-order valence-corrected chi connectivity index (χ2v) is 4.58. The molecule has 5 nitrogen and oxygen atoms in total. The number of hydrogen-bond acceptors (Lipinski definition) is 5. The van der Waals surface area contributed by atoms with Crippen LogP contribution in [0.25, 0.3) is 11.0 Å². The van der Waals surface area contributed by atoms with Crippen molar-refractivity contribution in [2.45, 2.75) is 6.92 Å². The number of hydrogen-bond donors (Lipinski definition) is 1. The molecule has 1 amide bonds. The van der Waals surface area contributed by atoms with Gasteiger partial charge in [-0.25, -0.2) is 0 Å². The average molecular weight is 259 g/mol. The van der Waals surface area contributed by atoms with Gasteiger partial charge in [0, 0.05) is 10.9 Å². The Labute approximate surface area is 106 Å². The predicted octanol–water partition coefficient (Wildman–Crippen LogP) is 2.85. The minimum absolute atomic E-state index is 0.305. The monoisotopic (exact) mass is 259 g/mol. The Morgan fingerprint density at radius 3 is 2.94 bits per heavy atom. The van der Waals surface area contributed by atoms with Crippen molar-refractivity contribution in [3.63, 3.8) is 0 Å². The van der Waals surface area contributed by atoms with Gasteiger partial charge in [-0.1, -0.05) is 29.5 Å². The van der Waals surface area contributed by atoms with E-state index in [1.165, 1.54) is 11.3 Å². The number of nitrogens with zero attached hydrogens (tertiary/aromatic N) is 2. The van der Waals surface area contributed by atoms with E-state index in [0.717, 1.165) is 10.9 Å². The van der Waals surface area contributed by atoms with Crippen LogP contribution in [0.15, 0.2) is 34.2 Å². The number of aryl methyl sites for hydroxylation is 1. The molecule has 0 unspecified atom stereocenters. The molecule has 1 aromatic carbocycles. The molecule has 6 heteroatoms. The normalized spacial score (nSPS) is 10.7. The highest BCUT2D eigenvalue weighted by atomic mass is 32.1. The van der Waals surface area contributed by atoms with Crippen molar-refractivity contribution in [2.24, 2.45) is 0 Å². The lowest BCUT2D eigenvalue weighted by atomic mass is 10.1. The smallest absolute Gasteiger partial charge is 0.293 e. The Bertz CT molecular complexity index is 703. The first kappa shape index (κ1) is 10.9. The van der Waals surface area contributed by atoms with Crippen LogP contribution >= 0.6 is 11.3 Å². The number of anilines is 1. The third-order valence-corrected chi connectivity index (χ3v) is 3.24. The average Bonchev–Trinajstić information content (AvgIpc) is 2.98. The van der Waals surface area contributed by atoms with E-state index in [9.17, 15) is 4.79 Å². The molecule has 0 atom stereocenters. The fourth-order valence-corrected chi connectivity index (χ4v) is 2.21. The zero-order chi connectivity index (χ0) is 12.5. The molecule has 3 rings (SSSR count). The molecule has 0 bridgehead atoms. The summed E-state index contributed by atoms with van der Waals surface area (Å²) < 4.78 is 5.55. The maximum absolute atomic E-state index is 12.0. The summed E-state index contributed by atoms with van der Waals surface area (Å²) in [5.41, 5.74) is 3.09. The molecule has 0 aliphatic rings. The van der Waals surface area contributed by atoms with E-state index in [0.29, 0.717) is 16.5 Å². The number of fused-ring (bicyclic) bond motifs is 1. The molecule has 1 N–H and O–H groups in total. The van der Waals surface area contributed by atoms with Gasteiger partial charge in [-0.2, -0.15) is 0 Å². The maximum Gasteiger partial charge on any atom is 0.293 e. The van der Waals surface area contributed by atoms with Gasteiger partial charge in [-0.05, 0) is 13.0 Å². The molecule has 0 aliphatic heterocycles. The number of carbonyl (C=O) groups excluding carboxylic acids is 1. The van der Waals surface area contributed by atoms with E-state index in [1.807, 2.05) is 31.2 Å². The second-order valence-electron chi connectivity index (χ2n) is 3.75. The van der Waals surface area contributed by atoms with E-state index in [2.05, 4.69) is 15.5 Å². The number of nitrogens with one attached hydrogen (secondary N) is 1. The molecule has 90 valence electrons. The number of amides is 1. The van der Waals surface area contributed by atoms with Gasteiger partial charge in [0.2, 0.25) is 5.13 Å². The van der Waals surface area contributed by atoms with Gasteiger partial charge in [0.1, 0.15) is 11.1 Å². The minimum Gasteiger partial charge on any atom is -0.451 e. The van der Waals surface area contributed by atoms with E-state index in [1.54, 1.807) is 5.51 Å². The van der Waals surface area contributed by atoms with Crippen molar-refractivity contribution in [3.05, 3.63) is 41.1 Å². The highest BCUT2D eigenvalue weighted by molar-refractivity contribution is 7.13. The van der Waals surface area contributed by atoms with Gasteiger partial charge in [0.05, 0.1) is 0 Å². The number of benzene rings is 1. The van der Waals surface area contributed by atoms with Crippen LogP contribution in [0, 0.1) is 6.92 Å². The number of aromatic nitrogens is 2. The molecule has 0 radical (unpaired) electrons. The van der Waals surface area contributed by atoms with Crippen molar-refractivity contribution in [2.75, 3.05) is 5.32 Å². The Hall–Kier alpha value is -2.21. The second kappa shape index (κ2) is 4.23. The van der Waals surface area contributed by atoms with Gasteiger partial charge < -0.3 is 4.42 Å². The van der Waals surface area contributed by atoms with Crippen LogP contribution in [-0.2, 0) is 0 Å². The number of furan rings is 1. The van der Waals surface area contributed by atoms with Crippen LogP contribution in [0.2, 0.25) is 0 Å². The molecular formula is C12H9N3O2S. The Kier molecular flexibility index (Phi) is 2.56. The van der Waals surface area contributed by atoms with Crippen LogP contribution in [0.3, 0.4) is 0 Å². The third-order valence-electron chi connectivity index (χ3n) is 2.63. The van der Waals surface area contributed by atoms with E-state index in [4.69, 9.17) is 4.42 Å². The van der Waals surface area contributed by atoms with Crippen LogP contribution in [-0.4, -0.2) is 16.1 Å². The summed E-state index contributed by atoms with van der Waals surface area (Å²) in [6.07, 6.45) is 0. The number of carbonyl (C=O) groups is 1. The first-order valence-electron chi connectivity index (χ1n) is 5.31. The summed E-state index contributed by atoms with van der Waals surface area (Å²) in [7, 11) is 0. The molecule has 0 spiro atoms. The zero-order valence-corrected chi connectivity index (χ0v) is 10.3. The Morgan fingerprint density at radius 2 is 2.22 bits per heavy atom. The summed E-state index contributed by atoms with van der Waals surface area (Å²) >= 11 is 1.26. The van der Waals surface area contributed by atoms with Crippen molar-refractivity contribution < 1.29 is 9.21 Å². The zero-order valence-electron chi connectivity index (χ0n) is 9.51. The van der Waals surface area contributed by atoms with Crippen LogP contribution in [0.5, 0.6) is 0 Å². The maximum atomic E-state index is 12.0. The lowest BCUT2D eigenvalue weighted by molar-refractivity contribution is 0.0998. The molecule has 3 aromatic rings. The topological polar surface area (TPSA) is 68.0 Å². The summed E-state index contributed by atoms with van der Waals surface area (Å²) in [5, 5.41) is 11.5. The molecular weight excluding hydrogens is 250 g/mol. The van der Waals surface area contributed by atoms with Crippen molar-refractivity contribution in [3.8, 4) is 0 Å². The van der Waals surface area contributed by atoms with Gasteiger partial charge in [0.25, 0.3) is 5.91 Å². The summed E-state index contributed by atoms with van der Waals surface area (Å²) in [5.74, 6) is 0.00634. The summed E-state index contributed by atoms with van der Waals surface area (Å²) in [6.45, 7) is 1.86. The molecule has 2 heterocycles. The van der Waals surface area contributed by atoms with Gasteiger partial charge in [0.15, 0.2) is 5.76 Å². The third kappa shape index (κ3) is 1.76. The molecule has 18 heavy (non-hydrogen) atoms. The SMILES string of the molecule is Cc1c(C(=O)Nc2nncs2)oc2ccccc12. The van der Waals surface area contributed by atoms with Crippen molar-refractivity contribution in [1.29, 1.82) is 0 Å². The van der Waals surface area contributed by atoms with E-state index < -0.39 is 0 Å². The first-order valence-corrected chi connectivity index (χ1v) is 6.19. The van der Waals surface area contributed by atoms with Crippen LogP contribution < -0.4 is 5.32 Å². The highest BCUT2D eigenvalue weighted by Gasteiger charge is 2.18. The summed E-state index contributed by atoms with van der Waals surface area (Å²) in [6, 6.07) is 7.55. The summed E-state index contributed by atoms with van der Waals surface area (Å²) in [4.78, 5) is 12.0. The first-order chi connectivity index (χ1) is 8.75. The lowest BCUT2D eigenvalue weighted by Gasteiger charge is -1.97. The quantitative estimate of drug-likeness (QED) is 0.768. The lowest BCUT2D eigenvalue weighted by Crippen LogP contribution is -2.11. The fraction of sp³-hybridized carbons (Fsp3) is 0.0833. The Balaban J connectivity index is 1.99. The minimum atomic E-state index is -0.305. The van der Waals surface area contributed by atoms with E-state index in [-0.39, 0.29) is 5.91 Å².